The zero-order chi connectivity index (χ0) is 17.6. The molecule has 3 N–H and O–H groups in total. The number of benzene rings is 2. The van der Waals surface area contributed by atoms with Gasteiger partial charge in [-0.25, -0.2) is 4.98 Å². The molecule has 0 saturated carbocycles. The zero-order valence-electron chi connectivity index (χ0n) is 13.2. The molecule has 0 aliphatic carbocycles. The van der Waals surface area contributed by atoms with Crippen LogP contribution in [0.3, 0.4) is 0 Å². The van der Waals surface area contributed by atoms with Crippen LogP contribution < -0.4 is 5.32 Å². The van der Waals surface area contributed by atoms with Gasteiger partial charge in [-0.15, -0.1) is 0 Å². The molecule has 0 spiro atoms. The number of nitrogens with zero attached hydrogens (tertiary/aromatic N) is 2. The molecule has 25 heavy (non-hydrogen) atoms. The first-order valence-corrected chi connectivity index (χ1v) is 7.54. The van der Waals surface area contributed by atoms with E-state index in [4.69, 9.17) is 0 Å². The number of carbonyl (C=O) groups excluding carboxylic acids is 1. The number of nitro benzene ring substituents is 1. The van der Waals surface area contributed by atoms with Gasteiger partial charge in [0.15, 0.2) is 0 Å². The van der Waals surface area contributed by atoms with Crippen molar-refractivity contribution in [1.82, 2.24) is 15.0 Å². The van der Waals surface area contributed by atoms with Gasteiger partial charge in [-0.3, -0.25) is 14.9 Å². The van der Waals surface area contributed by atoms with Gasteiger partial charge in [0.2, 0.25) is 6.41 Å². The molecule has 4 aromatic rings. The second-order valence-corrected chi connectivity index (χ2v) is 5.66. The Labute approximate surface area is 141 Å². The lowest BCUT2D eigenvalue weighted by atomic mass is 10.1. The molecule has 0 aliphatic rings. The maximum absolute atomic E-state index is 11.1. The molecule has 0 unspecified atom stereocenters. The van der Waals surface area contributed by atoms with Gasteiger partial charge >= 0.3 is 0 Å². The SMILES string of the molecule is Cc1[nH]c2ccc([N+](=O)[O-])cc2c1-c1nc2c(NC=O)cccc2[nH]1. The molecule has 1 amide bonds. The maximum atomic E-state index is 11.1. The van der Waals surface area contributed by atoms with E-state index in [1.54, 1.807) is 12.1 Å². The van der Waals surface area contributed by atoms with E-state index in [1.807, 2.05) is 19.1 Å². The molecule has 2 aromatic carbocycles. The van der Waals surface area contributed by atoms with Gasteiger partial charge in [-0.2, -0.15) is 0 Å². The predicted octanol–water partition coefficient (Wildman–Crippen LogP) is 3.50. The third kappa shape index (κ3) is 2.31. The number of hydrogen-bond donors (Lipinski definition) is 3. The number of non-ortho nitro benzene ring substituents is 1. The average Bonchev–Trinajstić information content (AvgIpc) is 3.14. The fourth-order valence-corrected chi connectivity index (χ4v) is 3.06. The molecule has 8 heteroatoms. The van der Waals surface area contributed by atoms with Crippen molar-refractivity contribution in [3.8, 4) is 11.4 Å². The summed E-state index contributed by atoms with van der Waals surface area (Å²) in [6, 6.07) is 10.1. The normalized spacial score (nSPS) is 11.1. The first-order valence-electron chi connectivity index (χ1n) is 7.54. The van der Waals surface area contributed by atoms with E-state index in [0.29, 0.717) is 23.4 Å². The van der Waals surface area contributed by atoms with Crippen molar-refractivity contribution in [2.24, 2.45) is 0 Å². The van der Waals surface area contributed by atoms with E-state index in [9.17, 15) is 14.9 Å². The summed E-state index contributed by atoms with van der Waals surface area (Å²) in [6.45, 7) is 1.89. The molecule has 4 rings (SSSR count). The first kappa shape index (κ1) is 14.9. The highest BCUT2D eigenvalue weighted by Crippen LogP contribution is 2.34. The summed E-state index contributed by atoms with van der Waals surface area (Å²) in [7, 11) is 0. The summed E-state index contributed by atoms with van der Waals surface area (Å²) in [6.07, 6.45) is 0.601. The van der Waals surface area contributed by atoms with Crippen LogP contribution in [-0.2, 0) is 4.79 Å². The van der Waals surface area contributed by atoms with Crippen LogP contribution in [-0.4, -0.2) is 26.3 Å². The van der Waals surface area contributed by atoms with E-state index >= 15 is 0 Å². The quantitative estimate of drug-likeness (QED) is 0.300. The Kier molecular flexibility index (Phi) is 3.24. The van der Waals surface area contributed by atoms with Crippen LogP contribution in [0.15, 0.2) is 36.4 Å². The molecular formula is C17H13N5O3. The number of anilines is 1. The highest BCUT2D eigenvalue weighted by Gasteiger charge is 2.18. The van der Waals surface area contributed by atoms with E-state index in [0.717, 1.165) is 27.7 Å². The molecule has 0 saturated heterocycles. The fourth-order valence-electron chi connectivity index (χ4n) is 3.06. The maximum Gasteiger partial charge on any atom is 0.270 e. The van der Waals surface area contributed by atoms with E-state index in [1.165, 1.54) is 12.1 Å². The van der Waals surface area contributed by atoms with Crippen LogP contribution in [0.25, 0.3) is 33.3 Å². The van der Waals surface area contributed by atoms with Crippen LogP contribution in [0.1, 0.15) is 5.69 Å². The summed E-state index contributed by atoms with van der Waals surface area (Å²) >= 11 is 0. The summed E-state index contributed by atoms with van der Waals surface area (Å²) < 4.78 is 0. The van der Waals surface area contributed by atoms with Crippen LogP contribution >= 0.6 is 0 Å². The van der Waals surface area contributed by atoms with Crippen molar-refractivity contribution in [3.05, 3.63) is 52.2 Å². The number of H-pyrrole nitrogens is 2. The minimum Gasteiger partial charge on any atom is -0.358 e. The summed E-state index contributed by atoms with van der Waals surface area (Å²) in [4.78, 5) is 32.5. The topological polar surface area (TPSA) is 117 Å². The average molecular weight is 335 g/mol. The number of aromatic amines is 2. The number of carbonyl (C=O) groups is 1. The third-order valence-corrected chi connectivity index (χ3v) is 4.14. The highest BCUT2D eigenvalue weighted by atomic mass is 16.6. The number of fused-ring (bicyclic) bond motifs is 2. The molecular weight excluding hydrogens is 322 g/mol. The molecule has 0 radical (unpaired) electrons. The smallest absolute Gasteiger partial charge is 0.270 e. The van der Waals surface area contributed by atoms with Gasteiger partial charge in [0, 0.05) is 34.3 Å². The third-order valence-electron chi connectivity index (χ3n) is 4.14. The number of aryl methyl sites for hydroxylation is 1. The summed E-state index contributed by atoms with van der Waals surface area (Å²) in [5.74, 6) is 0.583. The van der Waals surface area contributed by atoms with Gasteiger partial charge < -0.3 is 15.3 Å². The van der Waals surface area contributed by atoms with Crippen molar-refractivity contribution in [3.63, 3.8) is 0 Å². The Bertz CT molecular complexity index is 1140. The number of aromatic nitrogens is 3. The van der Waals surface area contributed by atoms with Crippen LogP contribution in [0.5, 0.6) is 0 Å². The highest BCUT2D eigenvalue weighted by molar-refractivity contribution is 6.00. The van der Waals surface area contributed by atoms with Crippen LogP contribution in [0.4, 0.5) is 11.4 Å². The number of nitro groups is 1. The number of amides is 1. The Hall–Kier alpha value is -3.68. The Morgan fingerprint density at radius 3 is 2.80 bits per heavy atom. The lowest BCUT2D eigenvalue weighted by Gasteiger charge is -1.98. The number of hydrogen-bond acceptors (Lipinski definition) is 4. The van der Waals surface area contributed by atoms with Crippen molar-refractivity contribution in [1.29, 1.82) is 0 Å². The van der Waals surface area contributed by atoms with Crippen LogP contribution in [0.2, 0.25) is 0 Å². The molecule has 0 aliphatic heterocycles. The molecule has 0 fully saturated rings. The number of nitrogens with one attached hydrogen (secondary N) is 3. The second-order valence-electron chi connectivity index (χ2n) is 5.66. The van der Waals surface area contributed by atoms with E-state index in [-0.39, 0.29) is 5.69 Å². The summed E-state index contributed by atoms with van der Waals surface area (Å²) in [5.41, 5.74) is 4.42. The number of imidazole rings is 1. The second kappa shape index (κ2) is 5.45. The predicted molar refractivity (Wildman–Crippen MR) is 94.5 cm³/mol. The van der Waals surface area contributed by atoms with Crippen molar-refractivity contribution < 1.29 is 9.72 Å². The number of para-hydroxylation sites is 1. The van der Waals surface area contributed by atoms with Gasteiger partial charge in [0.05, 0.1) is 16.1 Å². The largest absolute Gasteiger partial charge is 0.358 e. The van der Waals surface area contributed by atoms with Gasteiger partial charge in [-0.05, 0) is 25.1 Å². The fraction of sp³-hybridized carbons (Fsp3) is 0.0588. The molecule has 2 aromatic heterocycles. The minimum atomic E-state index is -0.420. The van der Waals surface area contributed by atoms with E-state index < -0.39 is 4.92 Å². The van der Waals surface area contributed by atoms with Gasteiger partial charge in [0.1, 0.15) is 11.3 Å². The minimum absolute atomic E-state index is 0.0205. The molecule has 0 atom stereocenters. The molecule has 8 nitrogen and oxygen atoms in total. The van der Waals surface area contributed by atoms with Gasteiger partial charge in [0.25, 0.3) is 5.69 Å². The molecule has 2 heterocycles. The Morgan fingerprint density at radius 1 is 1.20 bits per heavy atom. The lowest BCUT2D eigenvalue weighted by molar-refractivity contribution is -0.384. The lowest BCUT2D eigenvalue weighted by Crippen LogP contribution is -1.94. The van der Waals surface area contributed by atoms with E-state index in [2.05, 4.69) is 20.3 Å². The van der Waals surface area contributed by atoms with Crippen LogP contribution in [0, 0.1) is 17.0 Å². The van der Waals surface area contributed by atoms with Gasteiger partial charge in [-0.1, -0.05) is 6.07 Å². The Balaban J connectivity index is 1.97. The standard InChI is InChI=1S/C17H13N5O3/c1-9-15(11-7-10(22(24)25)5-6-12(11)19-9)17-20-14-4-2-3-13(18-8-23)16(14)21-17/h2-8,19H,1H3,(H,18,23)(H,20,21). The monoisotopic (exact) mass is 335 g/mol. The zero-order valence-corrected chi connectivity index (χ0v) is 13.2. The number of rotatable bonds is 4. The van der Waals surface area contributed by atoms with Crippen molar-refractivity contribution in [2.45, 2.75) is 6.92 Å². The first-order chi connectivity index (χ1) is 12.1. The summed E-state index contributed by atoms with van der Waals surface area (Å²) in [5, 5.41) is 14.4. The Morgan fingerprint density at radius 2 is 2.04 bits per heavy atom. The molecule has 0 bridgehead atoms. The van der Waals surface area contributed by atoms with Crippen molar-refractivity contribution >= 4 is 39.7 Å². The molecule has 124 valence electrons. The van der Waals surface area contributed by atoms with Crippen molar-refractivity contribution in [2.75, 3.05) is 5.32 Å².